The monoisotopic (exact) mass is 205 g/mol. The minimum absolute atomic E-state index is 0.729. The Morgan fingerprint density at radius 2 is 2.27 bits per heavy atom. The number of nitrogens with zero attached hydrogens (tertiary/aromatic N) is 4. The van der Waals surface area contributed by atoms with Crippen LogP contribution in [-0.2, 0) is 20.1 Å². The van der Waals surface area contributed by atoms with E-state index >= 15 is 0 Å². The normalized spacial score (nSPS) is 10.5. The number of hydrogen-bond donors (Lipinski definition) is 1. The van der Waals surface area contributed by atoms with Gasteiger partial charge in [-0.05, 0) is 13.0 Å². The molecular formula is C10H15N5. The van der Waals surface area contributed by atoms with Gasteiger partial charge in [0.05, 0.1) is 18.4 Å². The van der Waals surface area contributed by atoms with Gasteiger partial charge in [0.2, 0.25) is 0 Å². The molecular weight excluding hydrogens is 190 g/mol. The fraction of sp³-hybridized carbons (Fsp3) is 0.400. The van der Waals surface area contributed by atoms with Crippen LogP contribution in [0.15, 0.2) is 24.5 Å². The molecule has 0 spiro atoms. The van der Waals surface area contributed by atoms with Gasteiger partial charge in [-0.25, -0.2) is 0 Å². The van der Waals surface area contributed by atoms with Gasteiger partial charge in [-0.3, -0.25) is 9.36 Å². The number of rotatable bonds is 4. The summed E-state index contributed by atoms with van der Waals surface area (Å²) in [5.74, 6) is 1.00. The molecule has 5 nitrogen and oxygen atoms in total. The van der Waals surface area contributed by atoms with Crippen LogP contribution in [0.25, 0.3) is 0 Å². The van der Waals surface area contributed by atoms with Gasteiger partial charge in [0.25, 0.3) is 0 Å². The summed E-state index contributed by atoms with van der Waals surface area (Å²) < 4.78 is 3.72. The number of aromatic nitrogens is 4. The van der Waals surface area contributed by atoms with Gasteiger partial charge < -0.3 is 5.32 Å². The minimum atomic E-state index is 0.729. The first kappa shape index (κ1) is 9.76. The van der Waals surface area contributed by atoms with Gasteiger partial charge in [-0.15, -0.1) is 0 Å². The predicted molar refractivity (Wildman–Crippen MR) is 58.4 cm³/mol. The first-order valence-corrected chi connectivity index (χ1v) is 5.04. The van der Waals surface area contributed by atoms with E-state index in [0.29, 0.717) is 0 Å². The maximum atomic E-state index is 4.38. The molecule has 0 amide bonds. The van der Waals surface area contributed by atoms with Crippen molar-refractivity contribution in [2.75, 3.05) is 5.32 Å². The van der Waals surface area contributed by atoms with Crippen molar-refractivity contribution in [3.05, 3.63) is 30.2 Å². The quantitative estimate of drug-likeness (QED) is 0.817. The third-order valence-electron chi connectivity index (χ3n) is 2.29. The molecule has 0 unspecified atom stereocenters. The average molecular weight is 205 g/mol. The van der Waals surface area contributed by atoms with E-state index in [4.69, 9.17) is 0 Å². The van der Waals surface area contributed by atoms with Gasteiger partial charge in [0.1, 0.15) is 5.82 Å². The van der Waals surface area contributed by atoms with Crippen LogP contribution in [0, 0.1) is 0 Å². The zero-order chi connectivity index (χ0) is 10.7. The van der Waals surface area contributed by atoms with Gasteiger partial charge in [-0.2, -0.15) is 10.2 Å². The fourth-order valence-corrected chi connectivity index (χ4v) is 1.40. The molecule has 0 aliphatic rings. The first-order valence-electron chi connectivity index (χ1n) is 5.04. The Labute approximate surface area is 88.7 Å². The van der Waals surface area contributed by atoms with Crippen molar-refractivity contribution in [2.24, 2.45) is 7.05 Å². The lowest BCUT2D eigenvalue weighted by Crippen LogP contribution is -2.05. The predicted octanol–water partition coefficient (Wildman–Crippen LogP) is 1.25. The van der Waals surface area contributed by atoms with Crippen molar-refractivity contribution in [3.63, 3.8) is 0 Å². The molecule has 2 aromatic rings. The van der Waals surface area contributed by atoms with Crippen LogP contribution in [0.4, 0.5) is 5.82 Å². The van der Waals surface area contributed by atoms with E-state index < -0.39 is 0 Å². The molecule has 1 N–H and O–H groups in total. The van der Waals surface area contributed by atoms with E-state index in [1.165, 1.54) is 0 Å². The molecule has 0 atom stereocenters. The molecule has 0 saturated carbocycles. The summed E-state index contributed by atoms with van der Waals surface area (Å²) in [6.45, 7) is 3.71. The molecule has 0 fully saturated rings. The van der Waals surface area contributed by atoms with Crippen LogP contribution in [0.5, 0.6) is 0 Å². The Kier molecular flexibility index (Phi) is 2.71. The highest BCUT2D eigenvalue weighted by Gasteiger charge is 2.00. The van der Waals surface area contributed by atoms with Crippen molar-refractivity contribution in [2.45, 2.75) is 20.0 Å². The maximum Gasteiger partial charge on any atom is 0.124 e. The van der Waals surface area contributed by atoms with E-state index in [9.17, 15) is 0 Å². The smallest absolute Gasteiger partial charge is 0.124 e. The average Bonchev–Trinajstić information content (AvgIpc) is 2.84. The molecule has 0 radical (unpaired) electrons. The summed E-state index contributed by atoms with van der Waals surface area (Å²) >= 11 is 0. The van der Waals surface area contributed by atoms with Crippen LogP contribution in [-0.4, -0.2) is 19.6 Å². The maximum absolute atomic E-state index is 4.38. The molecule has 0 bridgehead atoms. The number of aryl methyl sites for hydroxylation is 2. The number of anilines is 1. The van der Waals surface area contributed by atoms with Crippen LogP contribution in [0.3, 0.4) is 0 Å². The molecule has 2 aromatic heterocycles. The van der Waals surface area contributed by atoms with Crippen LogP contribution in [0.2, 0.25) is 0 Å². The van der Waals surface area contributed by atoms with E-state index in [-0.39, 0.29) is 0 Å². The Hall–Kier alpha value is -1.78. The van der Waals surface area contributed by atoms with Crippen molar-refractivity contribution in [1.82, 2.24) is 19.6 Å². The SMILES string of the molecule is CCn1ccc(CNc2ccnn2C)n1. The summed E-state index contributed by atoms with van der Waals surface area (Å²) in [5, 5.41) is 11.7. The zero-order valence-electron chi connectivity index (χ0n) is 9.01. The summed E-state index contributed by atoms with van der Waals surface area (Å²) in [4.78, 5) is 0. The minimum Gasteiger partial charge on any atom is -0.365 e. The standard InChI is InChI=1S/C10H15N5/c1-3-15-7-5-9(13-15)8-11-10-4-6-12-14(10)2/h4-7,11H,3,8H2,1-2H3. The highest BCUT2D eigenvalue weighted by atomic mass is 15.3. The molecule has 0 aliphatic heterocycles. The fourth-order valence-electron chi connectivity index (χ4n) is 1.40. The van der Waals surface area contributed by atoms with Crippen LogP contribution in [0.1, 0.15) is 12.6 Å². The number of nitrogens with one attached hydrogen (secondary N) is 1. The highest BCUT2D eigenvalue weighted by Crippen LogP contribution is 2.05. The highest BCUT2D eigenvalue weighted by molar-refractivity contribution is 5.33. The second-order valence-corrected chi connectivity index (χ2v) is 3.36. The van der Waals surface area contributed by atoms with E-state index in [2.05, 4.69) is 22.4 Å². The largest absolute Gasteiger partial charge is 0.365 e. The lowest BCUT2D eigenvalue weighted by atomic mass is 10.4. The molecule has 80 valence electrons. The third kappa shape index (κ3) is 2.18. The molecule has 0 aromatic carbocycles. The Balaban J connectivity index is 1.96. The summed E-state index contributed by atoms with van der Waals surface area (Å²) in [7, 11) is 1.91. The Bertz CT molecular complexity index is 428. The molecule has 2 rings (SSSR count). The van der Waals surface area contributed by atoms with Crippen LogP contribution < -0.4 is 5.32 Å². The first-order chi connectivity index (χ1) is 7.29. The van der Waals surface area contributed by atoms with Gasteiger partial charge in [0.15, 0.2) is 0 Å². The zero-order valence-corrected chi connectivity index (χ0v) is 9.01. The Morgan fingerprint density at radius 1 is 1.40 bits per heavy atom. The van der Waals surface area contributed by atoms with Crippen molar-refractivity contribution in [1.29, 1.82) is 0 Å². The van der Waals surface area contributed by atoms with Gasteiger partial charge in [0, 0.05) is 25.9 Å². The van der Waals surface area contributed by atoms with Crippen LogP contribution >= 0.6 is 0 Å². The lowest BCUT2D eigenvalue weighted by Gasteiger charge is -2.03. The molecule has 2 heterocycles. The molecule has 15 heavy (non-hydrogen) atoms. The van der Waals surface area contributed by atoms with Crippen molar-refractivity contribution >= 4 is 5.82 Å². The second kappa shape index (κ2) is 4.16. The summed E-state index contributed by atoms with van der Waals surface area (Å²) in [5.41, 5.74) is 1.04. The lowest BCUT2D eigenvalue weighted by molar-refractivity contribution is 0.648. The van der Waals surface area contributed by atoms with Gasteiger partial charge >= 0.3 is 0 Å². The Morgan fingerprint density at radius 3 is 2.87 bits per heavy atom. The van der Waals surface area contributed by atoms with Gasteiger partial charge in [-0.1, -0.05) is 0 Å². The van der Waals surface area contributed by atoms with Crippen molar-refractivity contribution < 1.29 is 0 Å². The van der Waals surface area contributed by atoms with Crippen molar-refractivity contribution in [3.8, 4) is 0 Å². The third-order valence-corrected chi connectivity index (χ3v) is 2.29. The number of hydrogen-bond acceptors (Lipinski definition) is 3. The van der Waals surface area contributed by atoms with E-state index in [0.717, 1.165) is 24.6 Å². The molecule has 0 saturated heterocycles. The topological polar surface area (TPSA) is 47.7 Å². The van der Waals surface area contributed by atoms with E-state index in [1.807, 2.05) is 30.1 Å². The summed E-state index contributed by atoms with van der Waals surface area (Å²) in [6, 6.07) is 3.96. The molecule has 0 aliphatic carbocycles. The molecule has 5 heteroatoms. The summed E-state index contributed by atoms with van der Waals surface area (Å²) in [6.07, 6.45) is 3.76. The second-order valence-electron chi connectivity index (χ2n) is 3.36. The van der Waals surface area contributed by atoms with E-state index in [1.54, 1.807) is 10.9 Å².